The van der Waals surface area contributed by atoms with Crippen LogP contribution in [0.2, 0.25) is 0 Å². The van der Waals surface area contributed by atoms with Crippen LogP contribution >= 0.6 is 11.8 Å². The number of aryl methyl sites for hydroxylation is 2. The Morgan fingerprint density at radius 2 is 2.00 bits per heavy atom. The molecule has 0 aliphatic carbocycles. The van der Waals surface area contributed by atoms with Crippen molar-refractivity contribution >= 4 is 17.5 Å². The number of nitrogens with zero attached hydrogens (tertiary/aromatic N) is 2. The van der Waals surface area contributed by atoms with E-state index in [1.807, 2.05) is 0 Å². The van der Waals surface area contributed by atoms with Gasteiger partial charge in [0.1, 0.15) is 0 Å². The minimum absolute atomic E-state index is 0.0851. The van der Waals surface area contributed by atoms with Crippen molar-refractivity contribution in [3.63, 3.8) is 0 Å². The first-order chi connectivity index (χ1) is 7.72. The summed E-state index contributed by atoms with van der Waals surface area (Å²) in [5.41, 5.74) is -2.54. The molecule has 0 amide bonds. The summed E-state index contributed by atoms with van der Waals surface area (Å²) in [5.74, 6) is -0.224. The van der Waals surface area contributed by atoms with E-state index in [1.54, 1.807) is 13.8 Å². The van der Waals surface area contributed by atoms with Crippen molar-refractivity contribution in [3.8, 4) is 0 Å². The molecule has 0 N–H and O–H groups in total. The Kier molecular flexibility index (Phi) is 4.24. The molecule has 0 atom stereocenters. The first-order valence-electron chi connectivity index (χ1n) is 4.98. The van der Waals surface area contributed by atoms with Gasteiger partial charge in [0.25, 0.3) is 0 Å². The van der Waals surface area contributed by atoms with Crippen molar-refractivity contribution in [2.24, 2.45) is 0 Å². The van der Waals surface area contributed by atoms with E-state index in [1.165, 1.54) is 11.6 Å². The van der Waals surface area contributed by atoms with Crippen LogP contribution in [0.3, 0.4) is 0 Å². The third-order valence-corrected chi connectivity index (χ3v) is 3.02. The van der Waals surface area contributed by atoms with Crippen LogP contribution in [-0.2, 0) is 6.54 Å². The van der Waals surface area contributed by atoms with Gasteiger partial charge in [0.15, 0.2) is 5.78 Å². The molecule has 0 fully saturated rings. The number of alkyl halides is 3. The third-order valence-electron chi connectivity index (χ3n) is 2.30. The SMILES string of the molecule is CC(=O)c1c(C)nn(CCSC(F)(F)F)c1C. The average Bonchev–Trinajstić information content (AvgIpc) is 2.39. The normalized spacial score (nSPS) is 11.9. The molecule has 96 valence electrons. The van der Waals surface area contributed by atoms with E-state index >= 15 is 0 Å². The van der Waals surface area contributed by atoms with Gasteiger partial charge < -0.3 is 0 Å². The highest BCUT2D eigenvalue weighted by Gasteiger charge is 2.27. The van der Waals surface area contributed by atoms with Crippen molar-refractivity contribution in [1.82, 2.24) is 9.78 Å². The van der Waals surface area contributed by atoms with E-state index in [0.29, 0.717) is 17.0 Å². The maximum atomic E-state index is 12.0. The molecular formula is C10H13F3N2OS. The molecule has 1 heterocycles. The topological polar surface area (TPSA) is 34.9 Å². The Morgan fingerprint density at radius 3 is 2.41 bits per heavy atom. The molecular weight excluding hydrogens is 253 g/mol. The van der Waals surface area contributed by atoms with Gasteiger partial charge in [-0.05, 0) is 32.5 Å². The highest BCUT2D eigenvalue weighted by atomic mass is 32.2. The summed E-state index contributed by atoms with van der Waals surface area (Å²) in [6.07, 6.45) is 0. The number of carbonyl (C=O) groups is 1. The van der Waals surface area contributed by atoms with Gasteiger partial charge in [-0.1, -0.05) is 0 Å². The molecule has 1 aromatic heterocycles. The Morgan fingerprint density at radius 1 is 1.41 bits per heavy atom. The van der Waals surface area contributed by atoms with Gasteiger partial charge in [-0.3, -0.25) is 9.48 Å². The number of aromatic nitrogens is 2. The third kappa shape index (κ3) is 3.76. The Labute approximate surface area is 101 Å². The lowest BCUT2D eigenvalue weighted by atomic mass is 10.1. The smallest absolute Gasteiger partial charge is 0.294 e. The quantitative estimate of drug-likeness (QED) is 0.786. The highest BCUT2D eigenvalue weighted by molar-refractivity contribution is 8.00. The highest BCUT2D eigenvalue weighted by Crippen LogP contribution is 2.30. The van der Waals surface area contributed by atoms with Crippen LogP contribution in [0.15, 0.2) is 0 Å². The molecule has 0 aliphatic heterocycles. The van der Waals surface area contributed by atoms with Gasteiger partial charge in [-0.25, -0.2) is 0 Å². The van der Waals surface area contributed by atoms with Crippen LogP contribution in [0.25, 0.3) is 0 Å². The van der Waals surface area contributed by atoms with Crippen molar-refractivity contribution < 1.29 is 18.0 Å². The molecule has 0 spiro atoms. The minimum Gasteiger partial charge on any atom is -0.294 e. The molecule has 7 heteroatoms. The van der Waals surface area contributed by atoms with Gasteiger partial charge in [-0.2, -0.15) is 18.3 Å². The second kappa shape index (κ2) is 5.12. The van der Waals surface area contributed by atoms with Gasteiger partial charge in [-0.15, -0.1) is 0 Å². The summed E-state index contributed by atoms with van der Waals surface area (Å²) in [5, 5.41) is 4.07. The number of Topliss-reactive ketones (excluding diaryl/α,β-unsaturated/α-hetero) is 1. The van der Waals surface area contributed by atoms with Crippen LogP contribution in [0.1, 0.15) is 28.7 Å². The van der Waals surface area contributed by atoms with E-state index in [0.717, 1.165) is 0 Å². The minimum atomic E-state index is -4.22. The van der Waals surface area contributed by atoms with Gasteiger partial charge in [0.05, 0.1) is 17.8 Å². The fourth-order valence-corrected chi connectivity index (χ4v) is 2.17. The largest absolute Gasteiger partial charge is 0.441 e. The first kappa shape index (κ1) is 14.1. The summed E-state index contributed by atoms with van der Waals surface area (Å²) in [4.78, 5) is 11.3. The Balaban J connectivity index is 2.74. The fraction of sp³-hybridized carbons (Fsp3) is 0.600. The molecule has 1 rings (SSSR count). The maximum absolute atomic E-state index is 12.0. The molecule has 0 aromatic carbocycles. The van der Waals surface area contributed by atoms with E-state index < -0.39 is 5.51 Å². The summed E-state index contributed by atoms with van der Waals surface area (Å²) < 4.78 is 37.3. The standard InChI is InChI=1S/C10H13F3N2OS/c1-6-9(8(3)16)7(2)15(14-6)4-5-17-10(11,12)13/h4-5H2,1-3H3. The first-order valence-corrected chi connectivity index (χ1v) is 5.96. The zero-order chi connectivity index (χ0) is 13.2. The second-order valence-electron chi connectivity index (χ2n) is 3.62. The Hall–Kier alpha value is -0.980. The lowest BCUT2D eigenvalue weighted by molar-refractivity contribution is -0.0328. The van der Waals surface area contributed by atoms with Crippen LogP contribution in [0.4, 0.5) is 13.2 Å². The zero-order valence-electron chi connectivity index (χ0n) is 9.76. The predicted octanol–water partition coefficient (Wildman–Crippen LogP) is 2.96. The summed E-state index contributed by atoms with van der Waals surface area (Å²) in [6, 6.07) is 0. The number of hydrogen-bond acceptors (Lipinski definition) is 3. The van der Waals surface area contributed by atoms with Crippen LogP contribution < -0.4 is 0 Å². The van der Waals surface area contributed by atoms with Gasteiger partial charge in [0.2, 0.25) is 0 Å². The number of carbonyl (C=O) groups excluding carboxylic acids is 1. The predicted molar refractivity (Wildman–Crippen MR) is 60.2 cm³/mol. The van der Waals surface area contributed by atoms with Crippen molar-refractivity contribution in [3.05, 3.63) is 17.0 Å². The van der Waals surface area contributed by atoms with Crippen LogP contribution in [0, 0.1) is 13.8 Å². The lowest BCUT2D eigenvalue weighted by Crippen LogP contribution is -2.09. The van der Waals surface area contributed by atoms with Crippen molar-refractivity contribution in [2.75, 3.05) is 5.75 Å². The number of thioether (sulfide) groups is 1. The van der Waals surface area contributed by atoms with E-state index in [-0.39, 0.29) is 29.8 Å². The van der Waals surface area contributed by atoms with Crippen LogP contribution in [0.5, 0.6) is 0 Å². The molecule has 0 aliphatic rings. The molecule has 17 heavy (non-hydrogen) atoms. The average molecular weight is 266 g/mol. The Bertz CT molecular complexity index is 426. The monoisotopic (exact) mass is 266 g/mol. The number of halogens is 3. The molecule has 0 saturated carbocycles. The second-order valence-corrected chi connectivity index (χ2v) is 4.78. The van der Waals surface area contributed by atoms with Gasteiger partial charge in [0, 0.05) is 11.4 Å². The molecule has 0 saturated heterocycles. The number of hydrogen-bond donors (Lipinski definition) is 0. The number of ketones is 1. The molecule has 1 aromatic rings. The van der Waals surface area contributed by atoms with E-state index in [9.17, 15) is 18.0 Å². The van der Waals surface area contributed by atoms with Crippen molar-refractivity contribution in [2.45, 2.75) is 32.8 Å². The van der Waals surface area contributed by atoms with Crippen LogP contribution in [-0.4, -0.2) is 26.8 Å². The zero-order valence-corrected chi connectivity index (χ0v) is 10.6. The molecule has 3 nitrogen and oxygen atoms in total. The fourth-order valence-electron chi connectivity index (χ4n) is 1.67. The van der Waals surface area contributed by atoms with E-state index in [4.69, 9.17) is 0 Å². The maximum Gasteiger partial charge on any atom is 0.441 e. The van der Waals surface area contributed by atoms with Gasteiger partial charge >= 0.3 is 5.51 Å². The summed E-state index contributed by atoms with van der Waals surface area (Å²) >= 11 is -0.0851. The molecule has 0 bridgehead atoms. The summed E-state index contributed by atoms with van der Waals surface area (Å²) in [6.45, 7) is 4.93. The van der Waals surface area contributed by atoms with Crippen molar-refractivity contribution in [1.29, 1.82) is 0 Å². The van der Waals surface area contributed by atoms with E-state index in [2.05, 4.69) is 5.10 Å². The molecule has 0 radical (unpaired) electrons. The lowest BCUT2D eigenvalue weighted by Gasteiger charge is -2.07. The summed E-state index contributed by atoms with van der Waals surface area (Å²) in [7, 11) is 0. The molecule has 0 unspecified atom stereocenters. The number of rotatable bonds is 4.